The summed E-state index contributed by atoms with van der Waals surface area (Å²) in [4.78, 5) is 13.7. The van der Waals surface area contributed by atoms with Crippen LogP contribution in [0.15, 0.2) is 57.7 Å². The summed E-state index contributed by atoms with van der Waals surface area (Å²) >= 11 is 0. The summed E-state index contributed by atoms with van der Waals surface area (Å²) in [5, 5.41) is 10.1. The summed E-state index contributed by atoms with van der Waals surface area (Å²) in [6.45, 7) is 1.12. The van der Waals surface area contributed by atoms with E-state index in [9.17, 15) is 9.90 Å². The van der Waals surface area contributed by atoms with Gasteiger partial charge >= 0.3 is 5.63 Å². The number of ether oxygens (including phenoxy) is 1. The van der Waals surface area contributed by atoms with E-state index < -0.39 is 5.63 Å². The summed E-state index contributed by atoms with van der Waals surface area (Å²) < 4.78 is 11.0. The molecule has 1 aromatic heterocycles. The van der Waals surface area contributed by atoms with Crippen LogP contribution >= 0.6 is 0 Å². The Morgan fingerprint density at radius 2 is 1.76 bits per heavy atom. The van der Waals surface area contributed by atoms with Gasteiger partial charge in [-0.2, -0.15) is 0 Å². The number of aliphatic hydroxyl groups is 1. The van der Waals surface area contributed by atoms with Crippen molar-refractivity contribution in [3.63, 3.8) is 0 Å². The molecule has 0 saturated heterocycles. The predicted octanol–water partition coefficient (Wildman–Crippen LogP) is 2.93. The van der Waals surface area contributed by atoms with Gasteiger partial charge in [0, 0.05) is 24.1 Å². The van der Waals surface area contributed by atoms with E-state index in [1.54, 1.807) is 12.1 Å². The molecule has 0 amide bonds. The highest BCUT2D eigenvalue weighted by Gasteiger charge is 2.07. The third kappa shape index (κ3) is 4.26. The topological polar surface area (TPSA) is 62.9 Å². The van der Waals surface area contributed by atoms with Gasteiger partial charge in [-0.05, 0) is 42.9 Å². The molecule has 0 aliphatic carbocycles. The molecule has 0 atom stereocenters. The average Bonchev–Trinajstić information content (AvgIpc) is 2.59. The van der Waals surface area contributed by atoms with Crippen molar-refractivity contribution in [1.82, 2.24) is 4.90 Å². The Kier molecular flexibility index (Phi) is 5.16. The summed E-state index contributed by atoms with van der Waals surface area (Å²) in [5.74, 6) is 0.614. The molecular weight excluding hydrogens is 318 g/mol. The Hall–Kier alpha value is -2.63. The Balaban J connectivity index is 1.74. The van der Waals surface area contributed by atoms with Crippen molar-refractivity contribution >= 4 is 11.0 Å². The number of hydrogen-bond acceptors (Lipinski definition) is 5. The first kappa shape index (κ1) is 17.2. The van der Waals surface area contributed by atoms with Crippen molar-refractivity contribution in [3.8, 4) is 5.75 Å². The maximum atomic E-state index is 11.5. The molecule has 2 aromatic carbocycles. The van der Waals surface area contributed by atoms with Crippen molar-refractivity contribution < 1.29 is 14.3 Å². The Morgan fingerprint density at radius 3 is 2.44 bits per heavy atom. The van der Waals surface area contributed by atoms with E-state index in [-0.39, 0.29) is 6.61 Å². The molecule has 1 heterocycles. The van der Waals surface area contributed by atoms with Crippen molar-refractivity contribution in [2.45, 2.75) is 19.8 Å². The molecule has 0 aliphatic heterocycles. The first-order chi connectivity index (χ1) is 12.0. The standard InChI is InChI=1S/C20H21NO4/c1-21(2)11-14-3-5-15(6-4-14)13-24-17-7-8-18-16(12-22)9-20(23)25-19(18)10-17/h3-10,22H,11-13H2,1-2H3. The van der Waals surface area contributed by atoms with Gasteiger partial charge in [0.1, 0.15) is 17.9 Å². The maximum absolute atomic E-state index is 11.5. The zero-order valence-corrected chi connectivity index (χ0v) is 14.4. The highest BCUT2D eigenvalue weighted by Crippen LogP contribution is 2.23. The first-order valence-corrected chi connectivity index (χ1v) is 8.08. The van der Waals surface area contributed by atoms with Gasteiger partial charge in [-0.1, -0.05) is 24.3 Å². The summed E-state index contributed by atoms with van der Waals surface area (Å²) in [7, 11) is 4.08. The van der Waals surface area contributed by atoms with E-state index in [0.29, 0.717) is 28.9 Å². The summed E-state index contributed by atoms with van der Waals surface area (Å²) in [6, 6.07) is 14.8. The number of hydrogen-bond donors (Lipinski definition) is 1. The number of fused-ring (bicyclic) bond motifs is 1. The molecule has 130 valence electrons. The molecular formula is C20H21NO4. The normalized spacial score (nSPS) is 11.2. The van der Waals surface area contributed by atoms with Gasteiger partial charge in [0.25, 0.3) is 0 Å². The lowest BCUT2D eigenvalue weighted by Crippen LogP contribution is -2.10. The second kappa shape index (κ2) is 7.51. The maximum Gasteiger partial charge on any atom is 0.336 e. The van der Waals surface area contributed by atoms with Gasteiger partial charge in [-0.3, -0.25) is 0 Å². The Labute approximate surface area is 146 Å². The smallest absolute Gasteiger partial charge is 0.336 e. The summed E-state index contributed by atoms with van der Waals surface area (Å²) in [5.41, 5.74) is 2.79. The Morgan fingerprint density at radius 1 is 1.04 bits per heavy atom. The molecule has 5 nitrogen and oxygen atoms in total. The number of nitrogens with zero attached hydrogens (tertiary/aromatic N) is 1. The Bertz CT molecular complexity index is 913. The van der Waals surface area contributed by atoms with Gasteiger partial charge in [-0.25, -0.2) is 4.79 Å². The van der Waals surface area contributed by atoms with Gasteiger partial charge in [0.05, 0.1) is 6.61 Å². The van der Waals surface area contributed by atoms with E-state index in [0.717, 1.165) is 12.1 Å². The largest absolute Gasteiger partial charge is 0.489 e. The SMILES string of the molecule is CN(C)Cc1ccc(COc2ccc3c(CO)cc(=O)oc3c2)cc1. The van der Waals surface area contributed by atoms with Crippen LogP contribution in [0.2, 0.25) is 0 Å². The highest BCUT2D eigenvalue weighted by atomic mass is 16.5. The van der Waals surface area contributed by atoms with Crippen LogP contribution in [0.5, 0.6) is 5.75 Å². The van der Waals surface area contributed by atoms with Crippen molar-refractivity contribution in [2.75, 3.05) is 14.1 Å². The van der Waals surface area contributed by atoms with Crippen LogP contribution in [0.4, 0.5) is 0 Å². The van der Waals surface area contributed by atoms with Crippen molar-refractivity contribution in [3.05, 3.63) is 75.6 Å². The molecule has 3 aromatic rings. The molecule has 0 fully saturated rings. The lowest BCUT2D eigenvalue weighted by Gasteiger charge is -2.11. The molecule has 0 bridgehead atoms. The molecule has 0 spiro atoms. The second-order valence-electron chi connectivity index (χ2n) is 6.25. The lowest BCUT2D eigenvalue weighted by molar-refractivity contribution is 0.282. The number of rotatable bonds is 6. The third-order valence-electron chi connectivity index (χ3n) is 3.90. The van der Waals surface area contributed by atoms with Crippen molar-refractivity contribution in [2.24, 2.45) is 0 Å². The third-order valence-corrected chi connectivity index (χ3v) is 3.90. The fraction of sp³-hybridized carbons (Fsp3) is 0.250. The zero-order valence-electron chi connectivity index (χ0n) is 14.4. The fourth-order valence-corrected chi connectivity index (χ4v) is 2.70. The van der Waals surface area contributed by atoms with Gasteiger partial charge < -0.3 is 19.2 Å². The number of aliphatic hydroxyl groups excluding tert-OH is 1. The van der Waals surface area contributed by atoms with Gasteiger partial charge in [0.15, 0.2) is 0 Å². The van der Waals surface area contributed by atoms with Crippen LogP contribution in [-0.4, -0.2) is 24.1 Å². The average molecular weight is 339 g/mol. The monoisotopic (exact) mass is 339 g/mol. The van der Waals surface area contributed by atoms with Crippen LogP contribution in [-0.2, 0) is 19.8 Å². The lowest BCUT2D eigenvalue weighted by atomic mass is 10.1. The minimum atomic E-state index is -0.481. The summed E-state index contributed by atoms with van der Waals surface area (Å²) in [6.07, 6.45) is 0. The van der Waals surface area contributed by atoms with Gasteiger partial charge in [-0.15, -0.1) is 0 Å². The molecule has 0 saturated carbocycles. The fourth-order valence-electron chi connectivity index (χ4n) is 2.70. The predicted molar refractivity (Wildman–Crippen MR) is 96.6 cm³/mol. The minimum Gasteiger partial charge on any atom is -0.489 e. The van der Waals surface area contributed by atoms with E-state index in [1.165, 1.54) is 11.6 Å². The minimum absolute atomic E-state index is 0.207. The molecule has 3 rings (SSSR count). The van der Waals surface area contributed by atoms with Crippen LogP contribution < -0.4 is 10.4 Å². The van der Waals surface area contributed by atoms with Gasteiger partial charge in [0.2, 0.25) is 0 Å². The van der Waals surface area contributed by atoms with Crippen LogP contribution in [0.25, 0.3) is 11.0 Å². The van der Waals surface area contributed by atoms with Crippen LogP contribution in [0.3, 0.4) is 0 Å². The van der Waals surface area contributed by atoms with E-state index >= 15 is 0 Å². The first-order valence-electron chi connectivity index (χ1n) is 8.08. The molecule has 5 heteroatoms. The highest BCUT2D eigenvalue weighted by molar-refractivity contribution is 5.81. The van der Waals surface area contributed by atoms with Crippen molar-refractivity contribution in [1.29, 1.82) is 0 Å². The number of benzene rings is 2. The quantitative estimate of drug-likeness (QED) is 0.700. The molecule has 0 aliphatic rings. The van der Waals surface area contributed by atoms with E-state index in [4.69, 9.17) is 9.15 Å². The van der Waals surface area contributed by atoms with E-state index in [2.05, 4.69) is 17.0 Å². The molecule has 0 radical (unpaired) electrons. The van der Waals surface area contributed by atoms with E-state index in [1.807, 2.05) is 32.3 Å². The molecule has 25 heavy (non-hydrogen) atoms. The molecule has 0 unspecified atom stereocenters. The zero-order chi connectivity index (χ0) is 17.8. The molecule has 1 N–H and O–H groups in total. The second-order valence-corrected chi connectivity index (χ2v) is 6.25. The van der Waals surface area contributed by atoms with Crippen LogP contribution in [0, 0.1) is 0 Å². The van der Waals surface area contributed by atoms with Crippen LogP contribution in [0.1, 0.15) is 16.7 Å².